The van der Waals surface area contributed by atoms with E-state index in [0.717, 1.165) is 62.3 Å². The summed E-state index contributed by atoms with van der Waals surface area (Å²) in [6.07, 6.45) is 12.7. The molecule has 1 amide bonds. The zero-order valence-electron chi connectivity index (χ0n) is 19.6. The van der Waals surface area contributed by atoms with Gasteiger partial charge in [-0.05, 0) is 61.6 Å². The van der Waals surface area contributed by atoms with Gasteiger partial charge in [-0.25, -0.2) is 9.37 Å². The Morgan fingerprint density at radius 2 is 1.56 bits per heavy atom. The molecule has 0 bridgehead atoms. The van der Waals surface area contributed by atoms with E-state index < -0.39 is 0 Å². The third-order valence-corrected chi connectivity index (χ3v) is 7.50. The molecular weight excluding hydrogens is 429 g/mol. The second-order valence-corrected chi connectivity index (χ2v) is 9.79. The molecule has 0 spiro atoms. The van der Waals surface area contributed by atoms with Gasteiger partial charge in [0.15, 0.2) is 0 Å². The third kappa shape index (κ3) is 4.63. The molecule has 34 heavy (non-hydrogen) atoms. The summed E-state index contributed by atoms with van der Waals surface area (Å²) < 4.78 is 15.0. The highest BCUT2D eigenvalue weighted by atomic mass is 19.1. The van der Waals surface area contributed by atoms with Crippen LogP contribution in [0.5, 0.6) is 0 Å². The second kappa shape index (κ2) is 10.1. The standard InChI is InChI=1S/C28H32FN3O2/c29-22-15-13-20(14-16-22)19-31-26-21(8-7-17-30-26)18-25(27(31)33)28(34)32(23-9-3-1-4-10-23)24-11-5-2-6-12-24/h7-8,13-18,23-24H,1-6,9-12,19H2. The van der Waals surface area contributed by atoms with E-state index in [4.69, 9.17) is 0 Å². The van der Waals surface area contributed by atoms with Crippen LogP contribution in [0.25, 0.3) is 11.0 Å². The van der Waals surface area contributed by atoms with Crippen molar-refractivity contribution >= 4 is 16.9 Å². The number of hydrogen-bond acceptors (Lipinski definition) is 3. The summed E-state index contributed by atoms with van der Waals surface area (Å²) in [5.74, 6) is -0.457. The number of carbonyl (C=O) groups excluding carboxylic acids is 1. The van der Waals surface area contributed by atoms with Crippen molar-refractivity contribution in [2.75, 3.05) is 0 Å². The maximum absolute atomic E-state index is 14.1. The number of carbonyl (C=O) groups is 1. The molecule has 2 saturated carbocycles. The molecule has 0 N–H and O–H groups in total. The topological polar surface area (TPSA) is 55.2 Å². The number of halogens is 1. The Morgan fingerprint density at radius 3 is 2.18 bits per heavy atom. The predicted octanol–water partition coefficient (Wildman–Crippen LogP) is 5.69. The van der Waals surface area contributed by atoms with Crippen LogP contribution in [0.3, 0.4) is 0 Å². The van der Waals surface area contributed by atoms with Crippen molar-refractivity contribution in [3.63, 3.8) is 0 Å². The van der Waals surface area contributed by atoms with Crippen molar-refractivity contribution in [1.82, 2.24) is 14.5 Å². The SMILES string of the molecule is O=C(c1cc2cccnc2n(Cc2ccc(F)cc2)c1=O)N(C1CCCCC1)C1CCCCC1. The van der Waals surface area contributed by atoms with Gasteiger partial charge in [0.2, 0.25) is 0 Å². The minimum absolute atomic E-state index is 0.137. The first-order valence-corrected chi connectivity index (χ1v) is 12.7. The Morgan fingerprint density at radius 1 is 0.941 bits per heavy atom. The molecule has 2 fully saturated rings. The summed E-state index contributed by atoms with van der Waals surface area (Å²) in [6, 6.07) is 12.0. The summed E-state index contributed by atoms with van der Waals surface area (Å²) in [7, 11) is 0. The second-order valence-electron chi connectivity index (χ2n) is 9.79. The van der Waals surface area contributed by atoms with Crippen LogP contribution in [0.2, 0.25) is 0 Å². The van der Waals surface area contributed by atoms with Gasteiger partial charge in [-0.1, -0.05) is 50.7 Å². The van der Waals surface area contributed by atoms with Gasteiger partial charge in [-0.15, -0.1) is 0 Å². The molecule has 0 radical (unpaired) electrons. The summed E-state index contributed by atoms with van der Waals surface area (Å²) >= 11 is 0. The number of benzene rings is 1. The van der Waals surface area contributed by atoms with Crippen LogP contribution in [0, 0.1) is 5.82 Å². The smallest absolute Gasteiger partial charge is 0.265 e. The van der Waals surface area contributed by atoms with E-state index in [1.54, 1.807) is 29.0 Å². The van der Waals surface area contributed by atoms with Crippen LogP contribution < -0.4 is 5.56 Å². The average Bonchev–Trinajstić information content (AvgIpc) is 2.88. The van der Waals surface area contributed by atoms with Gasteiger partial charge in [0.1, 0.15) is 17.0 Å². The summed E-state index contributed by atoms with van der Waals surface area (Å²) in [4.78, 5) is 34.4. The lowest BCUT2D eigenvalue weighted by Crippen LogP contribution is -2.50. The van der Waals surface area contributed by atoms with Crippen molar-refractivity contribution in [2.24, 2.45) is 0 Å². The van der Waals surface area contributed by atoms with Gasteiger partial charge in [0.25, 0.3) is 11.5 Å². The molecule has 1 aromatic carbocycles. The molecule has 5 nitrogen and oxygen atoms in total. The Hall–Kier alpha value is -3.02. The van der Waals surface area contributed by atoms with E-state index in [0.29, 0.717) is 5.65 Å². The molecule has 5 rings (SSSR count). The number of rotatable bonds is 5. The number of pyridine rings is 2. The summed E-state index contributed by atoms with van der Waals surface area (Å²) in [5, 5.41) is 0.764. The molecule has 2 aromatic heterocycles. The maximum atomic E-state index is 14.1. The average molecular weight is 462 g/mol. The van der Waals surface area contributed by atoms with Gasteiger partial charge in [-0.2, -0.15) is 0 Å². The van der Waals surface area contributed by atoms with Gasteiger partial charge in [0.05, 0.1) is 6.54 Å². The normalized spacial score (nSPS) is 17.7. The van der Waals surface area contributed by atoms with Crippen molar-refractivity contribution < 1.29 is 9.18 Å². The van der Waals surface area contributed by atoms with Crippen LogP contribution in [0.1, 0.15) is 80.1 Å². The van der Waals surface area contributed by atoms with E-state index in [9.17, 15) is 14.0 Å². The van der Waals surface area contributed by atoms with Crippen molar-refractivity contribution in [2.45, 2.75) is 82.8 Å². The molecule has 2 aliphatic carbocycles. The monoisotopic (exact) mass is 461 g/mol. The first-order valence-electron chi connectivity index (χ1n) is 12.7. The van der Waals surface area contributed by atoms with Crippen LogP contribution >= 0.6 is 0 Å². The van der Waals surface area contributed by atoms with Crippen LogP contribution in [0.15, 0.2) is 53.5 Å². The minimum Gasteiger partial charge on any atom is -0.333 e. The first kappa shape index (κ1) is 22.8. The number of hydrogen-bond donors (Lipinski definition) is 0. The van der Waals surface area contributed by atoms with E-state index >= 15 is 0 Å². The summed E-state index contributed by atoms with van der Waals surface area (Å²) in [6.45, 7) is 0.237. The Kier molecular flexibility index (Phi) is 6.75. The molecular formula is C28H32FN3O2. The lowest BCUT2D eigenvalue weighted by atomic mass is 9.88. The molecule has 0 atom stereocenters. The highest BCUT2D eigenvalue weighted by Gasteiger charge is 2.34. The molecule has 3 aromatic rings. The lowest BCUT2D eigenvalue weighted by molar-refractivity contribution is 0.0446. The quantitative estimate of drug-likeness (QED) is 0.490. The number of amides is 1. The van der Waals surface area contributed by atoms with Gasteiger partial charge < -0.3 is 4.90 Å². The largest absolute Gasteiger partial charge is 0.333 e. The first-order chi connectivity index (χ1) is 16.6. The third-order valence-electron chi connectivity index (χ3n) is 7.50. The van der Waals surface area contributed by atoms with Crippen LogP contribution in [-0.4, -0.2) is 32.4 Å². The Balaban J connectivity index is 1.58. The fraction of sp³-hybridized carbons (Fsp3) is 0.464. The Labute approximate surface area is 199 Å². The van der Waals surface area contributed by atoms with E-state index in [2.05, 4.69) is 9.88 Å². The zero-order chi connectivity index (χ0) is 23.5. The van der Waals surface area contributed by atoms with Crippen molar-refractivity contribution in [3.05, 3.63) is 76.0 Å². The predicted molar refractivity (Wildman–Crippen MR) is 131 cm³/mol. The molecule has 0 aliphatic heterocycles. The number of fused-ring (bicyclic) bond motifs is 1. The van der Waals surface area contributed by atoms with E-state index in [1.165, 1.54) is 25.0 Å². The van der Waals surface area contributed by atoms with Gasteiger partial charge in [0, 0.05) is 23.7 Å². The van der Waals surface area contributed by atoms with E-state index in [-0.39, 0.29) is 41.5 Å². The molecule has 2 aliphatic rings. The number of aromatic nitrogens is 2. The highest BCUT2D eigenvalue weighted by Crippen LogP contribution is 2.31. The summed E-state index contributed by atoms with van der Waals surface area (Å²) in [5.41, 5.74) is 1.22. The zero-order valence-corrected chi connectivity index (χ0v) is 19.6. The number of nitrogens with zero attached hydrogens (tertiary/aromatic N) is 3. The van der Waals surface area contributed by atoms with Crippen LogP contribution in [0.4, 0.5) is 4.39 Å². The molecule has 178 valence electrons. The molecule has 0 saturated heterocycles. The fourth-order valence-electron chi connectivity index (χ4n) is 5.77. The van der Waals surface area contributed by atoms with Gasteiger partial charge in [-0.3, -0.25) is 14.2 Å². The van der Waals surface area contributed by atoms with Gasteiger partial charge >= 0.3 is 0 Å². The minimum atomic E-state index is -0.322. The highest BCUT2D eigenvalue weighted by molar-refractivity contribution is 5.97. The van der Waals surface area contributed by atoms with Crippen LogP contribution in [-0.2, 0) is 6.54 Å². The van der Waals surface area contributed by atoms with E-state index in [1.807, 2.05) is 12.1 Å². The molecule has 2 heterocycles. The van der Waals surface area contributed by atoms with Crippen molar-refractivity contribution in [1.29, 1.82) is 0 Å². The lowest BCUT2D eigenvalue weighted by Gasteiger charge is -2.41. The van der Waals surface area contributed by atoms with Crippen molar-refractivity contribution in [3.8, 4) is 0 Å². The maximum Gasteiger partial charge on any atom is 0.265 e. The molecule has 0 unspecified atom stereocenters. The Bertz CT molecular complexity index is 1190. The fourth-order valence-corrected chi connectivity index (χ4v) is 5.77. The molecule has 6 heteroatoms.